The number of methoxy groups -OCH3 is 1. The Morgan fingerprint density at radius 3 is 2.52 bits per heavy atom. The summed E-state index contributed by atoms with van der Waals surface area (Å²) in [5.74, 6) is -1.26. The van der Waals surface area contributed by atoms with Crippen LogP contribution in [0.3, 0.4) is 0 Å². The number of nitrogens with zero attached hydrogens (tertiary/aromatic N) is 2. The first-order chi connectivity index (χ1) is 19.1. The average Bonchev–Trinajstić information content (AvgIpc) is 3.61. The number of amides is 1. The molecule has 1 aliphatic heterocycles. The van der Waals surface area contributed by atoms with E-state index in [4.69, 9.17) is 9.15 Å². The Bertz CT molecular complexity index is 1840. The summed E-state index contributed by atoms with van der Waals surface area (Å²) < 4.78 is 11.3. The van der Waals surface area contributed by atoms with Crippen LogP contribution in [0.4, 0.5) is 5.95 Å². The third kappa shape index (κ3) is 4.04. The molecule has 0 radical (unpaired) electrons. The maximum absolute atomic E-state index is 14.0. The number of H-pyrrole nitrogens is 1. The maximum atomic E-state index is 14.0. The number of imidazole rings is 1. The number of ether oxygens (including phenoxy) is 1. The van der Waals surface area contributed by atoms with E-state index in [0.717, 1.165) is 16.6 Å². The zero-order valence-corrected chi connectivity index (χ0v) is 22.9. The Balaban J connectivity index is 1.51. The summed E-state index contributed by atoms with van der Waals surface area (Å²) in [5, 5.41) is 11.9. The van der Waals surface area contributed by atoms with Crippen molar-refractivity contribution in [3.8, 4) is 5.75 Å². The van der Waals surface area contributed by atoms with Crippen molar-refractivity contribution in [2.45, 2.75) is 39.2 Å². The van der Waals surface area contributed by atoms with Crippen molar-refractivity contribution < 1.29 is 23.8 Å². The van der Waals surface area contributed by atoms with Crippen molar-refractivity contribution in [1.82, 2.24) is 9.97 Å². The van der Waals surface area contributed by atoms with Crippen LogP contribution in [0.5, 0.6) is 5.75 Å². The lowest BCUT2D eigenvalue weighted by molar-refractivity contribution is -0.117. The molecule has 1 aliphatic rings. The number of anilines is 1. The van der Waals surface area contributed by atoms with E-state index < -0.39 is 23.5 Å². The number of aliphatic hydroxyl groups excluding tert-OH is 1. The largest absolute Gasteiger partial charge is 0.503 e. The van der Waals surface area contributed by atoms with Crippen LogP contribution >= 0.6 is 0 Å². The van der Waals surface area contributed by atoms with Crippen LogP contribution in [0.25, 0.3) is 22.0 Å². The van der Waals surface area contributed by atoms with Crippen LogP contribution in [-0.2, 0) is 10.2 Å². The van der Waals surface area contributed by atoms with Crippen LogP contribution in [0, 0.1) is 6.92 Å². The maximum Gasteiger partial charge on any atom is 0.296 e. The average molecular weight is 536 g/mol. The van der Waals surface area contributed by atoms with Gasteiger partial charge in [0.1, 0.15) is 0 Å². The highest BCUT2D eigenvalue weighted by Crippen LogP contribution is 2.43. The van der Waals surface area contributed by atoms with Gasteiger partial charge in [-0.15, -0.1) is 0 Å². The third-order valence-corrected chi connectivity index (χ3v) is 7.35. The number of carbonyl (C=O) groups excluding carboxylic acids is 2. The number of hydrogen-bond acceptors (Lipinski definition) is 6. The van der Waals surface area contributed by atoms with Gasteiger partial charge in [0.25, 0.3) is 5.91 Å². The summed E-state index contributed by atoms with van der Waals surface area (Å²) in [6, 6.07) is 19.4. The predicted octanol–water partition coefficient (Wildman–Crippen LogP) is 6.71. The van der Waals surface area contributed by atoms with Gasteiger partial charge in [-0.05, 0) is 53.3 Å². The summed E-state index contributed by atoms with van der Waals surface area (Å²) in [5.41, 5.74) is 4.42. The van der Waals surface area contributed by atoms with Crippen LogP contribution in [0.2, 0.25) is 0 Å². The molecule has 1 atom stereocenters. The van der Waals surface area contributed by atoms with E-state index in [1.165, 1.54) is 12.0 Å². The number of aryl methyl sites for hydroxylation is 1. The van der Waals surface area contributed by atoms with Crippen LogP contribution in [-0.4, -0.2) is 33.9 Å². The molecule has 1 amide bonds. The molecule has 3 aromatic carbocycles. The smallest absolute Gasteiger partial charge is 0.296 e. The molecule has 2 N–H and O–H groups in total. The van der Waals surface area contributed by atoms with Gasteiger partial charge < -0.3 is 19.2 Å². The number of fused-ring (bicyclic) bond motifs is 2. The van der Waals surface area contributed by atoms with E-state index in [-0.39, 0.29) is 22.7 Å². The number of Topliss-reactive ketones (excluding diaryl/α,β-unsaturated/α-hetero) is 1. The highest BCUT2D eigenvalue weighted by Gasteiger charge is 2.46. The number of aromatic amines is 1. The summed E-state index contributed by atoms with van der Waals surface area (Å²) in [7, 11) is 1.52. The van der Waals surface area contributed by atoms with Crippen molar-refractivity contribution in [2.75, 3.05) is 12.0 Å². The third-order valence-electron chi connectivity index (χ3n) is 7.35. The summed E-state index contributed by atoms with van der Waals surface area (Å²) in [6.07, 6.45) is 0. The number of nitrogens with one attached hydrogen (secondary N) is 1. The number of rotatable bonds is 5. The Morgan fingerprint density at radius 2 is 1.82 bits per heavy atom. The number of hydrogen-bond donors (Lipinski definition) is 2. The van der Waals surface area contributed by atoms with Gasteiger partial charge in [0.15, 0.2) is 22.9 Å². The van der Waals surface area contributed by atoms with Crippen molar-refractivity contribution in [2.24, 2.45) is 0 Å². The minimum Gasteiger partial charge on any atom is -0.503 e. The molecule has 5 aromatic rings. The fourth-order valence-corrected chi connectivity index (χ4v) is 5.20. The fourth-order valence-electron chi connectivity index (χ4n) is 5.20. The monoisotopic (exact) mass is 535 g/mol. The number of furan rings is 1. The molecule has 6 rings (SSSR count). The van der Waals surface area contributed by atoms with Gasteiger partial charge in [-0.2, -0.15) is 0 Å². The molecule has 40 heavy (non-hydrogen) atoms. The predicted molar refractivity (Wildman–Crippen MR) is 153 cm³/mol. The van der Waals surface area contributed by atoms with Crippen molar-refractivity contribution >= 4 is 39.6 Å². The number of ketones is 1. The first-order valence-corrected chi connectivity index (χ1v) is 13.0. The van der Waals surface area contributed by atoms with Crippen LogP contribution in [0.15, 0.2) is 82.5 Å². The van der Waals surface area contributed by atoms with E-state index in [9.17, 15) is 14.7 Å². The molecule has 0 aliphatic carbocycles. The number of carbonyl (C=O) groups is 2. The molecular weight excluding hydrogens is 506 g/mol. The van der Waals surface area contributed by atoms with Crippen LogP contribution in [0.1, 0.15) is 54.1 Å². The first-order valence-electron chi connectivity index (χ1n) is 13.0. The standard InChI is InChI=1S/C32H29N3O5/c1-17-9-14-21-22(15-17)34-31(33-21)35-26(18-10-12-20(13-11-18)32(2,3)4)25(28(37)30(35)38)27(36)24-16-19-7-6-8-23(39-5)29(19)40-24/h6-16,26,37H,1-5H3,(H,33,34). The van der Waals surface area contributed by atoms with Gasteiger partial charge in [0.05, 0.1) is 29.8 Å². The Morgan fingerprint density at radius 1 is 1.07 bits per heavy atom. The van der Waals surface area contributed by atoms with E-state index in [0.29, 0.717) is 27.8 Å². The molecule has 8 nitrogen and oxygen atoms in total. The number of benzene rings is 3. The molecular formula is C32H29N3O5. The van der Waals surface area contributed by atoms with Crippen molar-refractivity contribution in [1.29, 1.82) is 0 Å². The van der Waals surface area contributed by atoms with E-state index in [1.54, 1.807) is 24.3 Å². The zero-order chi connectivity index (χ0) is 28.3. The molecule has 1 unspecified atom stereocenters. The molecule has 0 saturated carbocycles. The molecule has 2 aromatic heterocycles. The minimum absolute atomic E-state index is 0.00718. The molecule has 0 fully saturated rings. The Kier molecular flexibility index (Phi) is 5.80. The van der Waals surface area contributed by atoms with Crippen molar-refractivity contribution in [3.63, 3.8) is 0 Å². The lowest BCUT2D eigenvalue weighted by Gasteiger charge is -2.25. The SMILES string of the molecule is COc1cccc2cc(C(=O)C3=C(O)C(=O)N(c4nc5ccc(C)cc5[nH]4)C3c3ccc(C(C)(C)C)cc3)oc12. The highest BCUT2D eigenvalue weighted by molar-refractivity contribution is 6.20. The summed E-state index contributed by atoms with van der Waals surface area (Å²) in [6.45, 7) is 8.30. The van der Waals surface area contributed by atoms with Gasteiger partial charge in [-0.3, -0.25) is 14.5 Å². The van der Waals surface area contributed by atoms with Crippen LogP contribution < -0.4 is 9.64 Å². The molecule has 0 bridgehead atoms. The highest BCUT2D eigenvalue weighted by atomic mass is 16.5. The molecule has 0 spiro atoms. The molecule has 202 valence electrons. The summed E-state index contributed by atoms with van der Waals surface area (Å²) in [4.78, 5) is 36.8. The molecule has 0 saturated heterocycles. The van der Waals surface area contributed by atoms with Gasteiger partial charge in [0, 0.05) is 5.39 Å². The number of aromatic nitrogens is 2. The van der Waals surface area contributed by atoms with Gasteiger partial charge in [-0.25, -0.2) is 4.98 Å². The number of aliphatic hydroxyl groups is 1. The minimum atomic E-state index is -0.939. The first kappa shape index (κ1) is 25.4. The Hall–Kier alpha value is -4.85. The van der Waals surface area contributed by atoms with Gasteiger partial charge in [-0.1, -0.05) is 63.2 Å². The van der Waals surface area contributed by atoms with E-state index in [2.05, 4.69) is 30.7 Å². The topological polar surface area (TPSA) is 109 Å². The quantitative estimate of drug-likeness (QED) is 0.242. The summed E-state index contributed by atoms with van der Waals surface area (Å²) >= 11 is 0. The second-order valence-corrected chi connectivity index (χ2v) is 11.1. The zero-order valence-electron chi connectivity index (χ0n) is 22.9. The lowest BCUT2D eigenvalue weighted by atomic mass is 9.85. The second-order valence-electron chi connectivity index (χ2n) is 11.1. The van der Waals surface area contributed by atoms with Gasteiger partial charge >= 0.3 is 0 Å². The number of para-hydroxylation sites is 1. The molecule has 8 heteroatoms. The van der Waals surface area contributed by atoms with Gasteiger partial charge in [0.2, 0.25) is 11.7 Å². The van der Waals surface area contributed by atoms with Crippen molar-refractivity contribution in [3.05, 3.63) is 101 Å². The second kappa shape index (κ2) is 9.12. The lowest BCUT2D eigenvalue weighted by Crippen LogP contribution is -2.32. The normalized spacial score (nSPS) is 16.0. The fraction of sp³-hybridized carbons (Fsp3) is 0.219. The van der Waals surface area contributed by atoms with E-state index >= 15 is 0 Å². The Labute approximate surface area is 230 Å². The molecule has 3 heterocycles. The van der Waals surface area contributed by atoms with E-state index in [1.807, 2.05) is 49.4 Å².